The van der Waals surface area contributed by atoms with Gasteiger partial charge in [-0.3, -0.25) is 0 Å². The second-order valence-corrected chi connectivity index (χ2v) is 7.81. The molecular formula is C21H24BNO3. The van der Waals surface area contributed by atoms with Crippen molar-refractivity contribution in [3.8, 4) is 11.8 Å². The monoisotopic (exact) mass is 349 g/mol. The second kappa shape index (κ2) is 6.79. The summed E-state index contributed by atoms with van der Waals surface area (Å²) in [6, 6.07) is 17.2. The zero-order valence-electron chi connectivity index (χ0n) is 15.7. The first-order chi connectivity index (χ1) is 12.2. The van der Waals surface area contributed by atoms with Crippen molar-refractivity contribution in [2.24, 2.45) is 0 Å². The molecule has 1 unspecified atom stereocenters. The third-order valence-electron chi connectivity index (χ3n) is 5.40. The van der Waals surface area contributed by atoms with Gasteiger partial charge >= 0.3 is 7.12 Å². The van der Waals surface area contributed by atoms with E-state index in [2.05, 4.69) is 6.07 Å². The predicted octanol–water partition coefficient (Wildman–Crippen LogP) is 3.54. The summed E-state index contributed by atoms with van der Waals surface area (Å²) in [4.78, 5) is 0. The molecule has 0 spiro atoms. The Kier molecular flexibility index (Phi) is 4.83. The summed E-state index contributed by atoms with van der Waals surface area (Å²) in [5.41, 5.74) is 2.19. The van der Waals surface area contributed by atoms with Gasteiger partial charge in [-0.15, -0.1) is 0 Å². The van der Waals surface area contributed by atoms with Crippen LogP contribution in [0.25, 0.3) is 0 Å². The SMILES string of the molecule is CC1(C)OB(c2ccc(C(C#N)Cc3ccc(O)cc3)cc2)OC1(C)C. The van der Waals surface area contributed by atoms with Gasteiger partial charge in [0.05, 0.1) is 23.2 Å². The van der Waals surface area contributed by atoms with Crippen LogP contribution in [-0.2, 0) is 15.7 Å². The van der Waals surface area contributed by atoms with Gasteiger partial charge in [0.15, 0.2) is 0 Å². The topological polar surface area (TPSA) is 62.5 Å². The predicted molar refractivity (Wildman–Crippen MR) is 102 cm³/mol. The minimum absolute atomic E-state index is 0.231. The summed E-state index contributed by atoms with van der Waals surface area (Å²) in [7, 11) is -0.397. The molecule has 0 saturated carbocycles. The lowest BCUT2D eigenvalue weighted by Gasteiger charge is -2.32. The third kappa shape index (κ3) is 3.62. The largest absolute Gasteiger partial charge is 0.508 e. The van der Waals surface area contributed by atoms with E-state index in [1.165, 1.54) is 0 Å². The Morgan fingerprint density at radius 2 is 1.50 bits per heavy atom. The van der Waals surface area contributed by atoms with E-state index in [-0.39, 0.29) is 22.9 Å². The molecule has 1 fully saturated rings. The third-order valence-corrected chi connectivity index (χ3v) is 5.40. The van der Waals surface area contributed by atoms with E-state index in [0.29, 0.717) is 6.42 Å². The van der Waals surface area contributed by atoms with Gasteiger partial charge in [-0.2, -0.15) is 5.26 Å². The molecule has 3 rings (SSSR count). The molecule has 1 atom stereocenters. The highest BCUT2D eigenvalue weighted by Crippen LogP contribution is 2.36. The molecule has 26 heavy (non-hydrogen) atoms. The second-order valence-electron chi connectivity index (χ2n) is 7.81. The number of aromatic hydroxyl groups is 1. The van der Waals surface area contributed by atoms with Crippen molar-refractivity contribution in [2.45, 2.75) is 51.2 Å². The van der Waals surface area contributed by atoms with E-state index in [0.717, 1.165) is 16.6 Å². The summed E-state index contributed by atoms with van der Waals surface area (Å²) < 4.78 is 12.1. The van der Waals surface area contributed by atoms with Crippen LogP contribution in [-0.4, -0.2) is 23.4 Å². The summed E-state index contributed by atoms with van der Waals surface area (Å²) >= 11 is 0. The van der Waals surface area contributed by atoms with Crippen molar-refractivity contribution < 1.29 is 14.4 Å². The van der Waals surface area contributed by atoms with Gasteiger partial charge in [0.1, 0.15) is 5.75 Å². The minimum Gasteiger partial charge on any atom is -0.508 e. The van der Waals surface area contributed by atoms with Gasteiger partial charge in [0, 0.05) is 0 Å². The summed E-state index contributed by atoms with van der Waals surface area (Å²) in [6.07, 6.45) is 0.604. The molecule has 0 bridgehead atoms. The molecule has 0 aromatic heterocycles. The Hall–Kier alpha value is -2.29. The van der Waals surface area contributed by atoms with Gasteiger partial charge < -0.3 is 14.4 Å². The fraction of sp³-hybridized carbons (Fsp3) is 0.381. The highest BCUT2D eigenvalue weighted by molar-refractivity contribution is 6.62. The number of rotatable bonds is 4. The molecule has 0 aliphatic carbocycles. The maximum Gasteiger partial charge on any atom is 0.494 e. The first-order valence-corrected chi connectivity index (χ1v) is 8.85. The van der Waals surface area contributed by atoms with Crippen LogP contribution >= 0.6 is 0 Å². The van der Waals surface area contributed by atoms with Crippen LogP contribution in [0.1, 0.15) is 44.7 Å². The number of hydrogen-bond donors (Lipinski definition) is 1. The lowest BCUT2D eigenvalue weighted by atomic mass is 9.78. The molecule has 2 aromatic rings. The summed E-state index contributed by atoms with van der Waals surface area (Å²) in [6.45, 7) is 8.13. The average molecular weight is 349 g/mol. The zero-order valence-corrected chi connectivity index (χ0v) is 15.7. The molecule has 1 heterocycles. The van der Waals surface area contributed by atoms with Crippen molar-refractivity contribution in [2.75, 3.05) is 0 Å². The van der Waals surface area contributed by atoms with Crippen molar-refractivity contribution >= 4 is 12.6 Å². The maximum absolute atomic E-state index is 9.56. The molecule has 2 aromatic carbocycles. The van der Waals surface area contributed by atoms with E-state index in [4.69, 9.17) is 9.31 Å². The molecule has 134 valence electrons. The molecule has 4 nitrogen and oxygen atoms in total. The van der Waals surface area contributed by atoms with E-state index in [1.807, 2.05) is 64.1 Å². The number of nitrogens with zero attached hydrogens (tertiary/aromatic N) is 1. The van der Waals surface area contributed by atoms with E-state index in [1.54, 1.807) is 12.1 Å². The summed E-state index contributed by atoms with van der Waals surface area (Å²) in [5.74, 6) is -0.0130. The number of benzene rings is 2. The van der Waals surface area contributed by atoms with Crippen molar-refractivity contribution in [1.82, 2.24) is 0 Å². The summed E-state index contributed by atoms with van der Waals surface area (Å²) in [5, 5.41) is 18.9. The van der Waals surface area contributed by atoms with Crippen LogP contribution < -0.4 is 5.46 Å². The maximum atomic E-state index is 9.56. The Labute approximate surface area is 155 Å². The number of nitriles is 1. The van der Waals surface area contributed by atoms with Crippen LogP contribution in [0.2, 0.25) is 0 Å². The van der Waals surface area contributed by atoms with Gasteiger partial charge in [-0.05, 0) is 62.8 Å². The molecular weight excluding hydrogens is 325 g/mol. The van der Waals surface area contributed by atoms with E-state index >= 15 is 0 Å². The Morgan fingerprint density at radius 3 is 2.00 bits per heavy atom. The molecule has 5 heteroatoms. The molecule has 0 amide bonds. The number of hydrogen-bond acceptors (Lipinski definition) is 4. The van der Waals surface area contributed by atoms with Crippen LogP contribution in [0.4, 0.5) is 0 Å². The van der Waals surface area contributed by atoms with Crippen LogP contribution in [0.5, 0.6) is 5.75 Å². The first kappa shape index (κ1) is 18.5. The van der Waals surface area contributed by atoms with Crippen molar-refractivity contribution in [1.29, 1.82) is 5.26 Å². The zero-order chi connectivity index (χ0) is 18.9. The molecule has 1 N–H and O–H groups in total. The van der Waals surface area contributed by atoms with Gasteiger partial charge in [-0.1, -0.05) is 36.4 Å². The van der Waals surface area contributed by atoms with E-state index in [9.17, 15) is 10.4 Å². The minimum atomic E-state index is -0.397. The van der Waals surface area contributed by atoms with Gasteiger partial charge in [-0.25, -0.2) is 0 Å². The standard InChI is InChI=1S/C21H24BNO3/c1-20(2)21(3,4)26-22(25-20)18-9-7-16(8-10-18)17(14-23)13-15-5-11-19(24)12-6-15/h5-12,17,24H,13H2,1-4H3. The molecule has 1 aliphatic heterocycles. The normalized spacial score (nSPS) is 19.1. The lowest BCUT2D eigenvalue weighted by Crippen LogP contribution is -2.41. The highest BCUT2D eigenvalue weighted by atomic mass is 16.7. The Bertz CT molecular complexity index is 791. The molecule has 1 saturated heterocycles. The van der Waals surface area contributed by atoms with Crippen molar-refractivity contribution in [3.63, 3.8) is 0 Å². The number of phenolic OH excluding ortho intramolecular Hbond substituents is 1. The van der Waals surface area contributed by atoms with Gasteiger partial charge in [0.2, 0.25) is 0 Å². The average Bonchev–Trinajstić information content (AvgIpc) is 2.82. The van der Waals surface area contributed by atoms with Crippen LogP contribution in [0, 0.1) is 11.3 Å². The van der Waals surface area contributed by atoms with Crippen LogP contribution in [0.15, 0.2) is 48.5 Å². The Balaban J connectivity index is 1.74. The Morgan fingerprint density at radius 1 is 0.962 bits per heavy atom. The van der Waals surface area contributed by atoms with Crippen LogP contribution in [0.3, 0.4) is 0 Å². The van der Waals surface area contributed by atoms with E-state index < -0.39 is 7.12 Å². The molecule has 0 radical (unpaired) electrons. The first-order valence-electron chi connectivity index (χ1n) is 8.85. The smallest absolute Gasteiger partial charge is 0.494 e. The quantitative estimate of drug-likeness (QED) is 0.858. The fourth-order valence-corrected chi connectivity index (χ4v) is 2.97. The van der Waals surface area contributed by atoms with Crippen molar-refractivity contribution in [3.05, 3.63) is 59.7 Å². The highest BCUT2D eigenvalue weighted by Gasteiger charge is 2.51. The fourth-order valence-electron chi connectivity index (χ4n) is 2.97. The number of phenols is 1. The lowest BCUT2D eigenvalue weighted by molar-refractivity contribution is 0.00578. The molecule has 1 aliphatic rings. The van der Waals surface area contributed by atoms with Gasteiger partial charge in [0.25, 0.3) is 0 Å².